The van der Waals surface area contributed by atoms with Crippen LogP contribution in [0.15, 0.2) is 0 Å². The van der Waals surface area contributed by atoms with E-state index in [1.165, 1.54) is 0 Å². The molecule has 0 rings (SSSR count). The van der Waals surface area contributed by atoms with Gasteiger partial charge in [0, 0.05) is 0 Å². The van der Waals surface area contributed by atoms with Gasteiger partial charge in [0.1, 0.15) is 0 Å². The molecular weight excluding hydrogens is 112 g/mol. The van der Waals surface area contributed by atoms with Crippen molar-refractivity contribution in [1.29, 1.82) is 0 Å². The molecule has 0 spiro atoms. The minimum atomic E-state index is -0.462. The Morgan fingerprint density at radius 2 is 2.00 bits per heavy atom. The first kappa shape index (κ1) is 8.96. The van der Waals surface area contributed by atoms with Crippen LogP contribution in [0.25, 0.3) is 0 Å². The normalized spacial score (nSPS) is 17.3. The van der Waals surface area contributed by atoms with Crippen LogP contribution in [-0.2, 0) is 0 Å². The molecule has 0 heterocycles. The van der Waals surface area contributed by atoms with Gasteiger partial charge in [-0.05, 0) is 26.2 Å². The first-order chi connectivity index (χ1) is 4.12. The molecule has 0 aromatic rings. The fraction of sp³-hybridized carbons (Fsp3) is 0.875. The molecule has 1 atom stereocenters. The van der Waals surface area contributed by atoms with Crippen molar-refractivity contribution in [2.45, 2.75) is 45.6 Å². The van der Waals surface area contributed by atoms with Gasteiger partial charge in [-0.1, -0.05) is 20.3 Å². The Kier molecular flexibility index (Phi) is 3.87. The molecule has 9 heavy (non-hydrogen) atoms. The van der Waals surface area contributed by atoms with E-state index in [4.69, 9.17) is 0 Å². The maximum Gasteiger partial charge on any atom is 0.0619 e. The summed E-state index contributed by atoms with van der Waals surface area (Å²) in [6.07, 6.45) is 4.82. The van der Waals surface area contributed by atoms with Crippen LogP contribution in [0.2, 0.25) is 0 Å². The lowest BCUT2D eigenvalue weighted by atomic mass is 9.97. The van der Waals surface area contributed by atoms with Crippen molar-refractivity contribution in [2.24, 2.45) is 0 Å². The zero-order valence-electron chi connectivity index (χ0n) is 6.65. The average Bonchev–Trinajstić information content (AvgIpc) is 1.84. The quantitative estimate of drug-likeness (QED) is 0.616. The van der Waals surface area contributed by atoms with Crippen LogP contribution >= 0.6 is 0 Å². The van der Waals surface area contributed by atoms with Gasteiger partial charge in [0.05, 0.1) is 5.60 Å². The largest absolute Gasteiger partial charge is 0.390 e. The van der Waals surface area contributed by atoms with Crippen molar-refractivity contribution < 1.29 is 5.11 Å². The second kappa shape index (κ2) is 3.89. The van der Waals surface area contributed by atoms with Crippen molar-refractivity contribution in [1.82, 2.24) is 0 Å². The standard InChI is InChI=1S/C8H17O/c1-4-6-7-8(3,9)5-2/h6,9H,4-5,7H2,1-3H3. The minimum absolute atomic E-state index is 0.462. The third kappa shape index (κ3) is 4.46. The summed E-state index contributed by atoms with van der Waals surface area (Å²) >= 11 is 0. The smallest absolute Gasteiger partial charge is 0.0619 e. The van der Waals surface area contributed by atoms with E-state index in [1.807, 2.05) is 13.8 Å². The number of hydrogen-bond acceptors (Lipinski definition) is 1. The van der Waals surface area contributed by atoms with Gasteiger partial charge in [0.2, 0.25) is 0 Å². The van der Waals surface area contributed by atoms with E-state index >= 15 is 0 Å². The summed E-state index contributed by atoms with van der Waals surface area (Å²) in [5.41, 5.74) is -0.462. The Balaban J connectivity index is 3.33. The molecule has 0 saturated heterocycles. The molecular formula is C8H17O. The molecule has 0 amide bonds. The Bertz CT molecular complexity index is 67.0. The highest BCUT2D eigenvalue weighted by atomic mass is 16.3. The zero-order valence-corrected chi connectivity index (χ0v) is 6.65. The molecule has 1 unspecified atom stereocenters. The second-order valence-corrected chi connectivity index (χ2v) is 2.75. The molecule has 0 aliphatic carbocycles. The van der Waals surface area contributed by atoms with Crippen molar-refractivity contribution in [2.75, 3.05) is 0 Å². The molecule has 1 heteroatoms. The summed E-state index contributed by atoms with van der Waals surface area (Å²) < 4.78 is 0. The lowest BCUT2D eigenvalue weighted by Crippen LogP contribution is -2.22. The minimum Gasteiger partial charge on any atom is -0.390 e. The zero-order chi connectivity index (χ0) is 7.33. The van der Waals surface area contributed by atoms with Gasteiger partial charge < -0.3 is 5.11 Å². The number of rotatable bonds is 4. The van der Waals surface area contributed by atoms with E-state index in [1.54, 1.807) is 0 Å². The van der Waals surface area contributed by atoms with Crippen LogP contribution in [-0.4, -0.2) is 10.7 Å². The summed E-state index contributed by atoms with van der Waals surface area (Å²) in [5, 5.41) is 9.42. The van der Waals surface area contributed by atoms with Crippen molar-refractivity contribution >= 4 is 0 Å². The molecule has 0 saturated carbocycles. The average molecular weight is 129 g/mol. The molecule has 0 bridgehead atoms. The fourth-order valence-electron chi connectivity index (χ4n) is 0.600. The molecule has 0 aliphatic heterocycles. The van der Waals surface area contributed by atoms with E-state index in [-0.39, 0.29) is 0 Å². The first-order valence-corrected chi connectivity index (χ1v) is 3.66. The fourth-order valence-corrected chi connectivity index (χ4v) is 0.600. The van der Waals surface area contributed by atoms with Crippen molar-refractivity contribution in [3.8, 4) is 0 Å². The van der Waals surface area contributed by atoms with Crippen LogP contribution in [0.5, 0.6) is 0 Å². The second-order valence-electron chi connectivity index (χ2n) is 2.75. The van der Waals surface area contributed by atoms with Gasteiger partial charge in [0.15, 0.2) is 0 Å². The van der Waals surface area contributed by atoms with Crippen LogP contribution in [0.4, 0.5) is 0 Å². The van der Waals surface area contributed by atoms with Crippen molar-refractivity contribution in [3.05, 3.63) is 6.42 Å². The molecule has 1 N–H and O–H groups in total. The maximum absolute atomic E-state index is 9.42. The lowest BCUT2D eigenvalue weighted by molar-refractivity contribution is 0.0548. The monoisotopic (exact) mass is 129 g/mol. The van der Waals surface area contributed by atoms with Gasteiger partial charge in [0.25, 0.3) is 0 Å². The predicted octanol–water partition coefficient (Wildman–Crippen LogP) is 2.15. The summed E-state index contributed by atoms with van der Waals surface area (Å²) in [6, 6.07) is 0. The Morgan fingerprint density at radius 3 is 2.33 bits per heavy atom. The highest BCUT2D eigenvalue weighted by molar-refractivity contribution is 4.78. The lowest BCUT2D eigenvalue weighted by Gasteiger charge is -2.19. The Labute approximate surface area is 58.1 Å². The summed E-state index contributed by atoms with van der Waals surface area (Å²) in [6.45, 7) is 5.97. The van der Waals surface area contributed by atoms with Gasteiger partial charge in [-0.3, -0.25) is 0 Å². The van der Waals surface area contributed by atoms with Crippen LogP contribution in [0.3, 0.4) is 0 Å². The number of hydrogen-bond donors (Lipinski definition) is 1. The van der Waals surface area contributed by atoms with E-state index < -0.39 is 5.60 Å². The molecule has 1 radical (unpaired) electrons. The Morgan fingerprint density at radius 1 is 1.44 bits per heavy atom. The number of unbranched alkanes of at least 4 members (excludes halogenated alkanes) is 1. The first-order valence-electron chi connectivity index (χ1n) is 3.66. The van der Waals surface area contributed by atoms with Gasteiger partial charge in [-0.15, -0.1) is 0 Å². The van der Waals surface area contributed by atoms with Gasteiger partial charge >= 0.3 is 0 Å². The van der Waals surface area contributed by atoms with Gasteiger partial charge in [-0.2, -0.15) is 0 Å². The third-order valence-corrected chi connectivity index (χ3v) is 1.63. The summed E-state index contributed by atoms with van der Waals surface area (Å²) in [4.78, 5) is 0. The topological polar surface area (TPSA) is 20.2 Å². The number of aliphatic hydroxyl groups is 1. The van der Waals surface area contributed by atoms with Gasteiger partial charge in [-0.25, -0.2) is 0 Å². The highest BCUT2D eigenvalue weighted by Gasteiger charge is 2.15. The molecule has 1 nitrogen and oxygen atoms in total. The summed E-state index contributed by atoms with van der Waals surface area (Å²) in [5.74, 6) is 0. The van der Waals surface area contributed by atoms with E-state index in [0.717, 1.165) is 19.3 Å². The molecule has 0 aliphatic rings. The highest BCUT2D eigenvalue weighted by Crippen LogP contribution is 2.15. The Hall–Kier alpha value is -0.0400. The third-order valence-electron chi connectivity index (χ3n) is 1.63. The van der Waals surface area contributed by atoms with Crippen molar-refractivity contribution in [3.63, 3.8) is 0 Å². The van der Waals surface area contributed by atoms with Crippen LogP contribution < -0.4 is 0 Å². The van der Waals surface area contributed by atoms with Crippen LogP contribution in [0, 0.1) is 6.42 Å². The molecule has 0 aromatic carbocycles. The maximum atomic E-state index is 9.42. The predicted molar refractivity (Wildman–Crippen MR) is 40.1 cm³/mol. The van der Waals surface area contributed by atoms with E-state index in [0.29, 0.717) is 0 Å². The van der Waals surface area contributed by atoms with E-state index in [9.17, 15) is 5.11 Å². The van der Waals surface area contributed by atoms with E-state index in [2.05, 4.69) is 13.3 Å². The molecule has 0 fully saturated rings. The molecule has 55 valence electrons. The summed E-state index contributed by atoms with van der Waals surface area (Å²) in [7, 11) is 0. The molecule has 0 aromatic heterocycles. The SMILES string of the molecule is CC[CH]CC(C)(O)CC. The van der Waals surface area contributed by atoms with Crippen LogP contribution in [0.1, 0.15) is 40.0 Å².